The molecule has 1 aliphatic carbocycles. The van der Waals surface area contributed by atoms with Crippen LogP contribution in [0.5, 0.6) is 0 Å². The maximum Gasteiger partial charge on any atom is 0.262 e. The maximum absolute atomic E-state index is 16.2. The van der Waals surface area contributed by atoms with Crippen molar-refractivity contribution in [2.45, 2.75) is 74.3 Å². The molecular formula is C45H37Cl2FN6O5. The lowest BCUT2D eigenvalue weighted by molar-refractivity contribution is -0.137. The average molecular weight is 832 g/mol. The van der Waals surface area contributed by atoms with E-state index in [1.165, 1.54) is 11.0 Å². The molecule has 6 atom stereocenters. The van der Waals surface area contributed by atoms with Gasteiger partial charge in [-0.25, -0.2) is 4.39 Å². The molecule has 4 N–H and O–H groups in total. The summed E-state index contributed by atoms with van der Waals surface area (Å²) >= 11 is 12.8. The molecule has 1 spiro atoms. The second-order valence-electron chi connectivity index (χ2n) is 16.2. The summed E-state index contributed by atoms with van der Waals surface area (Å²) in [6.07, 6.45) is 3.19. The monoisotopic (exact) mass is 830 g/mol. The van der Waals surface area contributed by atoms with E-state index in [9.17, 15) is 24.0 Å². The number of benzene rings is 4. The van der Waals surface area contributed by atoms with Crippen LogP contribution >= 0.6 is 23.2 Å². The van der Waals surface area contributed by atoms with Gasteiger partial charge in [-0.05, 0) is 96.7 Å². The van der Waals surface area contributed by atoms with E-state index in [0.29, 0.717) is 57.4 Å². The highest BCUT2D eigenvalue weighted by Crippen LogP contribution is 2.61. The Morgan fingerprint density at radius 1 is 0.949 bits per heavy atom. The van der Waals surface area contributed by atoms with Gasteiger partial charge in [0.1, 0.15) is 17.4 Å². The normalized spacial score (nSPS) is 26.9. The topological polar surface area (TPSA) is 140 Å². The molecule has 4 aromatic carbocycles. The molecule has 1 unspecified atom stereocenters. The Kier molecular flexibility index (Phi) is 9.14. The van der Waals surface area contributed by atoms with E-state index in [2.05, 4.69) is 38.1 Å². The molecule has 4 fully saturated rings. The van der Waals surface area contributed by atoms with E-state index in [-0.39, 0.29) is 60.3 Å². The molecule has 59 heavy (non-hydrogen) atoms. The Labute approximate surface area is 349 Å². The third-order valence-corrected chi connectivity index (χ3v) is 13.5. The molecule has 298 valence electrons. The molecule has 14 heteroatoms. The quantitative estimate of drug-likeness (QED) is 0.110. The summed E-state index contributed by atoms with van der Waals surface area (Å²) in [5, 5.41) is 12.4. The summed E-state index contributed by atoms with van der Waals surface area (Å²) in [6.45, 7) is 0.852. The zero-order chi connectivity index (χ0) is 40.7. The van der Waals surface area contributed by atoms with Gasteiger partial charge in [-0.2, -0.15) is 0 Å². The van der Waals surface area contributed by atoms with E-state index in [0.717, 1.165) is 24.0 Å². The Morgan fingerprint density at radius 2 is 1.75 bits per heavy atom. The van der Waals surface area contributed by atoms with Gasteiger partial charge in [0, 0.05) is 82.6 Å². The van der Waals surface area contributed by atoms with Gasteiger partial charge in [-0.3, -0.25) is 39.5 Å². The number of piperidine rings is 1. The molecule has 0 bridgehead atoms. The van der Waals surface area contributed by atoms with Crippen LogP contribution < -0.4 is 21.3 Å². The SMILES string of the molecule is O=C1CCC(N2Cc3c(C#CNC(=O)c4ccc([C@H]5C[C@H]6[C@@H](N5)[C@H](c5cccc(Cl)c5F)[C@]5(C(=O)Nc7cc(Cl)ccc75)N6CC5CC5)cc4)cccc3C2=O)C(=O)N1. The second-order valence-corrected chi connectivity index (χ2v) is 17.1. The fourth-order valence-electron chi connectivity index (χ4n) is 10.1. The first-order valence-electron chi connectivity index (χ1n) is 19.8. The van der Waals surface area contributed by atoms with Crippen molar-refractivity contribution in [1.82, 2.24) is 25.8 Å². The minimum Gasteiger partial charge on any atom is -0.324 e. The third kappa shape index (κ3) is 6.13. The summed E-state index contributed by atoms with van der Waals surface area (Å²) in [5.41, 5.74) is 3.58. The molecule has 10 rings (SSSR count). The fraction of sp³-hybridized carbons (Fsp3) is 0.311. The number of carbonyl (C=O) groups is 5. The molecule has 0 aromatic heterocycles. The number of hydrogen-bond acceptors (Lipinski definition) is 7. The molecule has 3 saturated heterocycles. The van der Waals surface area contributed by atoms with Crippen molar-refractivity contribution in [3.8, 4) is 12.0 Å². The summed E-state index contributed by atoms with van der Waals surface area (Å²) < 4.78 is 16.2. The van der Waals surface area contributed by atoms with Crippen LogP contribution in [0.1, 0.15) is 92.6 Å². The number of imide groups is 1. The smallest absolute Gasteiger partial charge is 0.262 e. The van der Waals surface area contributed by atoms with Crippen molar-refractivity contribution in [3.63, 3.8) is 0 Å². The number of hydrogen-bond donors (Lipinski definition) is 4. The number of anilines is 1. The molecule has 5 amide bonds. The van der Waals surface area contributed by atoms with E-state index < -0.39 is 35.1 Å². The first-order chi connectivity index (χ1) is 28.5. The third-order valence-electron chi connectivity index (χ3n) is 12.9. The zero-order valence-corrected chi connectivity index (χ0v) is 33.0. The number of likely N-dealkylation sites (tertiary alicyclic amines) is 1. The van der Waals surface area contributed by atoms with E-state index in [1.54, 1.807) is 54.6 Å². The van der Waals surface area contributed by atoms with Crippen molar-refractivity contribution in [2.24, 2.45) is 5.92 Å². The predicted octanol–water partition coefficient (Wildman–Crippen LogP) is 5.76. The van der Waals surface area contributed by atoms with Crippen molar-refractivity contribution in [3.05, 3.63) is 134 Å². The number of halogens is 3. The van der Waals surface area contributed by atoms with Crippen molar-refractivity contribution in [2.75, 3.05) is 11.9 Å². The predicted molar refractivity (Wildman–Crippen MR) is 217 cm³/mol. The van der Waals surface area contributed by atoms with Crippen LogP contribution in [0.25, 0.3) is 0 Å². The molecule has 4 aromatic rings. The van der Waals surface area contributed by atoms with Crippen molar-refractivity contribution >= 4 is 58.4 Å². The van der Waals surface area contributed by atoms with Crippen molar-refractivity contribution in [1.29, 1.82) is 0 Å². The number of carbonyl (C=O) groups excluding carboxylic acids is 5. The zero-order valence-electron chi connectivity index (χ0n) is 31.5. The van der Waals surface area contributed by atoms with Gasteiger partial charge < -0.3 is 15.5 Å². The Morgan fingerprint density at radius 3 is 2.53 bits per heavy atom. The standard InChI is InChI=1S/C45H37Cl2FN6O5/c46-27-13-14-31-34(19-27)51-44(59)45(31)38(29-5-2-6-32(47)39(29)48)40-36(54(45)21-23-7-8-23)20-33(50-40)25-9-11-26(12-10-25)41(56)49-18-17-24-3-1-4-28-30(24)22-53(43(28)58)35-15-16-37(55)52-42(35)57/h1-6,9-14,19,23,33,35-36,38,40,50H,7-8,15-16,20-22H2,(H,49,56)(H,51,59)(H,52,55,57)/t33-,35?,36+,38+,40-,45-/m1/s1. The van der Waals surface area contributed by atoms with Gasteiger partial charge in [0.15, 0.2) is 0 Å². The summed E-state index contributed by atoms with van der Waals surface area (Å²) in [6, 6.07) is 24.2. The molecule has 6 aliphatic rings. The molecule has 11 nitrogen and oxygen atoms in total. The lowest BCUT2D eigenvalue weighted by Crippen LogP contribution is -2.53. The van der Waals surface area contributed by atoms with Crippen LogP contribution in [0.15, 0.2) is 78.9 Å². The fourth-order valence-corrected chi connectivity index (χ4v) is 10.4. The number of nitrogens with zero attached hydrogens (tertiary/aromatic N) is 2. The first-order valence-corrected chi connectivity index (χ1v) is 20.5. The largest absolute Gasteiger partial charge is 0.324 e. The highest BCUT2D eigenvalue weighted by Gasteiger charge is 2.69. The van der Waals surface area contributed by atoms with Crippen LogP contribution in [-0.2, 0) is 26.5 Å². The Hall–Kier alpha value is -5.58. The highest BCUT2D eigenvalue weighted by atomic mass is 35.5. The van der Waals surface area contributed by atoms with Crippen molar-refractivity contribution < 1.29 is 28.4 Å². The van der Waals surface area contributed by atoms with E-state index in [4.69, 9.17) is 23.2 Å². The van der Waals surface area contributed by atoms with Crippen LogP contribution in [0.2, 0.25) is 10.0 Å². The lowest BCUT2D eigenvalue weighted by Gasteiger charge is -2.41. The lowest BCUT2D eigenvalue weighted by atomic mass is 9.73. The van der Waals surface area contributed by atoms with E-state index >= 15 is 4.39 Å². The van der Waals surface area contributed by atoms with Crippen LogP contribution in [-0.4, -0.2) is 64.0 Å². The van der Waals surface area contributed by atoms with Crippen LogP contribution in [0.3, 0.4) is 0 Å². The minimum absolute atomic E-state index is 0.00289. The average Bonchev–Trinajstić information content (AvgIpc) is 3.62. The molecular weight excluding hydrogens is 794 g/mol. The van der Waals surface area contributed by atoms with Crippen LogP contribution in [0, 0.1) is 23.7 Å². The molecule has 5 aliphatic heterocycles. The van der Waals surface area contributed by atoms with Gasteiger partial charge in [0.2, 0.25) is 17.7 Å². The van der Waals surface area contributed by atoms with E-state index in [1.807, 2.05) is 18.2 Å². The molecule has 1 saturated carbocycles. The summed E-state index contributed by atoms with van der Waals surface area (Å²) in [4.78, 5) is 68.9. The first kappa shape index (κ1) is 37.7. The highest BCUT2D eigenvalue weighted by molar-refractivity contribution is 6.31. The summed E-state index contributed by atoms with van der Waals surface area (Å²) in [5.74, 6) is 0.481. The maximum atomic E-state index is 16.2. The number of nitrogens with one attached hydrogen (secondary N) is 4. The number of rotatable bonds is 6. The number of amides is 5. The van der Waals surface area contributed by atoms with Gasteiger partial charge in [0.05, 0.1) is 5.02 Å². The Bertz CT molecular complexity index is 2570. The van der Waals surface area contributed by atoms with Gasteiger partial charge in [0.25, 0.3) is 11.8 Å². The number of fused-ring (bicyclic) bond motifs is 4. The summed E-state index contributed by atoms with van der Waals surface area (Å²) in [7, 11) is 0. The van der Waals surface area contributed by atoms with Gasteiger partial charge in [-0.1, -0.05) is 59.6 Å². The molecule has 0 radical (unpaired) electrons. The van der Waals surface area contributed by atoms with Gasteiger partial charge >= 0.3 is 0 Å². The van der Waals surface area contributed by atoms with Crippen LogP contribution in [0.4, 0.5) is 10.1 Å². The Balaban J connectivity index is 0.888. The molecule has 5 heterocycles. The minimum atomic E-state index is -1.19. The second kappa shape index (κ2) is 14.3. The van der Waals surface area contributed by atoms with Gasteiger partial charge in [-0.15, -0.1) is 0 Å².